The van der Waals surface area contributed by atoms with Gasteiger partial charge >= 0.3 is 0 Å². The first-order valence-corrected chi connectivity index (χ1v) is 8.74. The second-order valence-corrected chi connectivity index (χ2v) is 6.11. The van der Waals surface area contributed by atoms with E-state index >= 15 is 0 Å². The molecular formula is C17H32N2O2. The van der Waals surface area contributed by atoms with E-state index < -0.39 is 0 Å². The normalized spacial score (nSPS) is 16.0. The van der Waals surface area contributed by atoms with E-state index in [-0.39, 0.29) is 17.7 Å². The van der Waals surface area contributed by atoms with Gasteiger partial charge in [-0.1, -0.05) is 39.5 Å². The van der Waals surface area contributed by atoms with Gasteiger partial charge in [-0.15, -0.1) is 0 Å². The van der Waals surface area contributed by atoms with Gasteiger partial charge in [-0.05, 0) is 25.7 Å². The van der Waals surface area contributed by atoms with Crippen LogP contribution in [0.5, 0.6) is 0 Å². The van der Waals surface area contributed by atoms with Crippen LogP contribution < -0.4 is 5.32 Å². The Hall–Kier alpha value is -1.06. The number of hydrogen-bond acceptors (Lipinski definition) is 2. The fraction of sp³-hybridized carbons (Fsp3) is 0.882. The van der Waals surface area contributed by atoms with Crippen LogP contribution in [0, 0.1) is 5.92 Å². The van der Waals surface area contributed by atoms with Crippen LogP contribution in [-0.2, 0) is 9.59 Å². The largest absolute Gasteiger partial charge is 0.356 e. The molecule has 21 heavy (non-hydrogen) atoms. The van der Waals surface area contributed by atoms with Crippen molar-refractivity contribution < 1.29 is 9.59 Å². The first-order chi connectivity index (χ1) is 10.2. The van der Waals surface area contributed by atoms with Gasteiger partial charge in [-0.25, -0.2) is 0 Å². The molecule has 4 nitrogen and oxygen atoms in total. The van der Waals surface area contributed by atoms with Crippen molar-refractivity contribution in [2.45, 2.75) is 71.6 Å². The number of hydrogen-bond donors (Lipinski definition) is 1. The van der Waals surface area contributed by atoms with E-state index in [1.54, 1.807) is 0 Å². The number of carbonyl (C=O) groups is 2. The summed E-state index contributed by atoms with van der Waals surface area (Å²) in [5.41, 5.74) is 0. The maximum atomic E-state index is 12.1. The Balaban J connectivity index is 2.16. The van der Waals surface area contributed by atoms with Crippen molar-refractivity contribution in [2.75, 3.05) is 19.6 Å². The summed E-state index contributed by atoms with van der Waals surface area (Å²) >= 11 is 0. The molecule has 2 amide bonds. The molecule has 0 aromatic heterocycles. The van der Waals surface area contributed by atoms with Crippen LogP contribution in [0.1, 0.15) is 71.6 Å². The maximum absolute atomic E-state index is 12.1. The van der Waals surface area contributed by atoms with Crippen LogP contribution in [0.25, 0.3) is 0 Å². The quantitative estimate of drug-likeness (QED) is 0.665. The lowest BCUT2D eigenvalue weighted by molar-refractivity contribution is -0.135. The highest BCUT2D eigenvalue weighted by Crippen LogP contribution is 2.18. The molecule has 1 aliphatic heterocycles. The number of nitrogens with one attached hydrogen (secondary N) is 1. The van der Waals surface area contributed by atoms with Crippen LogP contribution in [0.4, 0.5) is 0 Å². The zero-order valence-corrected chi connectivity index (χ0v) is 13.8. The van der Waals surface area contributed by atoms with Gasteiger partial charge in [0.05, 0.1) is 0 Å². The minimum Gasteiger partial charge on any atom is -0.356 e. The standard InChI is InChI=1S/C17H32N2O2/c1-3-5-6-7-8-9-16(20)19-13-10-15(11-14-19)17(21)18-12-4-2/h15H,3-14H2,1-2H3,(H,18,21). The molecule has 0 aromatic rings. The molecule has 0 bridgehead atoms. The van der Waals surface area contributed by atoms with E-state index in [0.29, 0.717) is 6.42 Å². The molecule has 0 saturated carbocycles. The molecule has 1 saturated heterocycles. The Morgan fingerprint density at radius 2 is 1.67 bits per heavy atom. The molecule has 0 atom stereocenters. The third-order valence-electron chi connectivity index (χ3n) is 4.26. The fourth-order valence-electron chi connectivity index (χ4n) is 2.82. The number of amides is 2. The van der Waals surface area contributed by atoms with Gasteiger partial charge in [-0.2, -0.15) is 0 Å². The summed E-state index contributed by atoms with van der Waals surface area (Å²) in [4.78, 5) is 25.9. The molecule has 1 rings (SSSR count). The highest BCUT2D eigenvalue weighted by atomic mass is 16.2. The third kappa shape index (κ3) is 6.96. The first kappa shape index (κ1) is 18.0. The molecule has 122 valence electrons. The van der Waals surface area contributed by atoms with Crippen molar-refractivity contribution in [3.63, 3.8) is 0 Å². The molecular weight excluding hydrogens is 264 g/mol. The number of carbonyl (C=O) groups excluding carboxylic acids is 2. The maximum Gasteiger partial charge on any atom is 0.223 e. The summed E-state index contributed by atoms with van der Waals surface area (Å²) in [7, 11) is 0. The second kappa shape index (κ2) is 10.6. The van der Waals surface area contributed by atoms with Crippen molar-refractivity contribution in [2.24, 2.45) is 5.92 Å². The lowest BCUT2D eigenvalue weighted by Crippen LogP contribution is -2.43. The zero-order valence-electron chi connectivity index (χ0n) is 13.8. The van der Waals surface area contributed by atoms with Gasteiger partial charge < -0.3 is 10.2 Å². The van der Waals surface area contributed by atoms with E-state index in [1.165, 1.54) is 19.3 Å². The van der Waals surface area contributed by atoms with Crippen LogP contribution in [0.3, 0.4) is 0 Å². The van der Waals surface area contributed by atoms with Crippen molar-refractivity contribution in [1.82, 2.24) is 10.2 Å². The van der Waals surface area contributed by atoms with Gasteiger partial charge in [0.15, 0.2) is 0 Å². The van der Waals surface area contributed by atoms with Crippen molar-refractivity contribution in [3.8, 4) is 0 Å². The van der Waals surface area contributed by atoms with E-state index in [9.17, 15) is 9.59 Å². The first-order valence-electron chi connectivity index (χ1n) is 8.74. The molecule has 0 aromatic carbocycles. The summed E-state index contributed by atoms with van der Waals surface area (Å²) in [6.45, 7) is 6.51. The lowest BCUT2D eigenvalue weighted by Gasteiger charge is -2.31. The molecule has 1 heterocycles. The molecule has 0 aliphatic carbocycles. The summed E-state index contributed by atoms with van der Waals surface area (Å²) in [5.74, 6) is 0.549. The van der Waals surface area contributed by atoms with Crippen LogP contribution in [-0.4, -0.2) is 36.3 Å². The summed E-state index contributed by atoms with van der Waals surface area (Å²) in [6, 6.07) is 0. The highest BCUT2D eigenvalue weighted by molar-refractivity contribution is 5.80. The van der Waals surface area contributed by atoms with Gasteiger partial charge in [0.2, 0.25) is 11.8 Å². The Kier molecular flexibility index (Phi) is 9.11. The fourth-order valence-corrected chi connectivity index (χ4v) is 2.82. The van der Waals surface area contributed by atoms with E-state index in [2.05, 4.69) is 19.2 Å². The second-order valence-electron chi connectivity index (χ2n) is 6.11. The van der Waals surface area contributed by atoms with Crippen molar-refractivity contribution in [1.29, 1.82) is 0 Å². The molecule has 1 fully saturated rings. The SMILES string of the molecule is CCCCCCCC(=O)N1CCC(C(=O)NCCC)CC1. The molecule has 4 heteroatoms. The van der Waals surface area contributed by atoms with Crippen LogP contribution >= 0.6 is 0 Å². The lowest BCUT2D eigenvalue weighted by atomic mass is 9.95. The Labute approximate surface area is 129 Å². The summed E-state index contributed by atoms with van der Waals surface area (Å²) < 4.78 is 0. The Bertz CT molecular complexity index is 310. The number of rotatable bonds is 9. The van der Waals surface area contributed by atoms with Gasteiger partial charge in [0.25, 0.3) is 0 Å². The van der Waals surface area contributed by atoms with Gasteiger partial charge in [0.1, 0.15) is 0 Å². The number of likely N-dealkylation sites (tertiary alicyclic amines) is 1. The summed E-state index contributed by atoms with van der Waals surface area (Å²) in [5, 5.41) is 2.96. The molecule has 1 N–H and O–H groups in total. The minimum atomic E-state index is 0.102. The van der Waals surface area contributed by atoms with E-state index in [0.717, 1.165) is 51.7 Å². The van der Waals surface area contributed by atoms with Crippen molar-refractivity contribution >= 4 is 11.8 Å². The predicted molar refractivity (Wildman–Crippen MR) is 86.0 cm³/mol. The van der Waals surface area contributed by atoms with E-state index in [1.807, 2.05) is 4.90 Å². The average molecular weight is 296 g/mol. The number of unbranched alkanes of at least 4 members (excludes halogenated alkanes) is 4. The van der Waals surface area contributed by atoms with Crippen molar-refractivity contribution in [3.05, 3.63) is 0 Å². The monoisotopic (exact) mass is 296 g/mol. The zero-order chi connectivity index (χ0) is 15.5. The van der Waals surface area contributed by atoms with Crippen LogP contribution in [0.15, 0.2) is 0 Å². The summed E-state index contributed by atoms with van der Waals surface area (Å²) in [6.07, 6.45) is 9.20. The third-order valence-corrected chi connectivity index (χ3v) is 4.26. The number of nitrogens with zero attached hydrogens (tertiary/aromatic N) is 1. The van der Waals surface area contributed by atoms with Gasteiger partial charge in [-0.3, -0.25) is 9.59 Å². The van der Waals surface area contributed by atoms with Gasteiger partial charge in [0, 0.05) is 32.0 Å². The molecule has 0 unspecified atom stereocenters. The molecule has 1 aliphatic rings. The van der Waals surface area contributed by atoms with Crippen LogP contribution in [0.2, 0.25) is 0 Å². The topological polar surface area (TPSA) is 49.4 Å². The predicted octanol–water partition coefficient (Wildman–Crippen LogP) is 3.11. The smallest absolute Gasteiger partial charge is 0.223 e. The molecule has 0 radical (unpaired) electrons. The Morgan fingerprint density at radius 3 is 2.29 bits per heavy atom. The average Bonchev–Trinajstić information content (AvgIpc) is 2.52. The minimum absolute atomic E-state index is 0.102. The number of piperidine rings is 1. The highest BCUT2D eigenvalue weighted by Gasteiger charge is 2.26. The van der Waals surface area contributed by atoms with E-state index in [4.69, 9.17) is 0 Å². The molecule has 0 spiro atoms. The Morgan fingerprint density at radius 1 is 1.00 bits per heavy atom.